The molecule has 0 aromatic heterocycles. The lowest BCUT2D eigenvalue weighted by molar-refractivity contribution is -0.140. The summed E-state index contributed by atoms with van der Waals surface area (Å²) < 4.78 is 5.52. The number of hydrogen-bond acceptors (Lipinski definition) is 6. The Morgan fingerprint density at radius 2 is 1.63 bits per heavy atom. The number of phenols is 1. The third-order valence-electron chi connectivity index (χ3n) is 10.1. The lowest BCUT2D eigenvalue weighted by Crippen LogP contribution is -2.59. The maximum Gasteiger partial charge on any atom is 0.407 e. The molecule has 3 saturated heterocycles. The summed E-state index contributed by atoms with van der Waals surface area (Å²) in [5.74, 6) is -1.11. The number of nitrogens with one attached hydrogen (secondary N) is 1. The summed E-state index contributed by atoms with van der Waals surface area (Å²) in [5.41, 5.74) is 2.46. The average molecular weight is 675 g/mol. The van der Waals surface area contributed by atoms with Crippen molar-refractivity contribution in [2.24, 2.45) is 5.92 Å². The standard InChI is InChI=1S/C33H41Cl2N5O6/c34-26-18-21(19-27(35)30(26)41)17-25(31(42)38-9-6-23(7-10-38)37-13-15-46-16-14-37)29-20-24(8-12-40(29)33(44)45)39-11-5-22-3-1-2-4-28(22)36-32(39)43/h1-4,18-19,23-25,29,41H,5-17,20H2,(H,36,43)(H,44,45)/t24?,25?,29-/m1/s1. The number of urea groups is 1. The van der Waals surface area contributed by atoms with Gasteiger partial charge in [0.15, 0.2) is 5.75 Å². The van der Waals surface area contributed by atoms with Crippen LogP contribution in [0.5, 0.6) is 5.75 Å². The normalized spacial score (nSPS) is 23.8. The van der Waals surface area contributed by atoms with Crippen molar-refractivity contribution in [1.82, 2.24) is 19.6 Å². The zero-order chi connectivity index (χ0) is 32.4. The highest BCUT2D eigenvalue weighted by molar-refractivity contribution is 6.37. The van der Waals surface area contributed by atoms with Gasteiger partial charge < -0.3 is 35.0 Å². The van der Waals surface area contributed by atoms with E-state index in [1.165, 1.54) is 4.90 Å². The number of phenolic OH excluding ortho intramolecular Hbond substituents is 1. The Labute approximate surface area is 279 Å². The molecule has 2 aromatic carbocycles. The van der Waals surface area contributed by atoms with Gasteiger partial charge in [-0.2, -0.15) is 0 Å². The van der Waals surface area contributed by atoms with Gasteiger partial charge in [0, 0.05) is 63.1 Å². The van der Waals surface area contributed by atoms with Crippen molar-refractivity contribution < 1.29 is 29.3 Å². The van der Waals surface area contributed by atoms with E-state index < -0.39 is 18.1 Å². The van der Waals surface area contributed by atoms with E-state index in [0.29, 0.717) is 63.7 Å². The molecule has 3 fully saturated rings. The number of para-hydroxylation sites is 1. The number of likely N-dealkylation sites (tertiary alicyclic amines) is 2. The average Bonchev–Trinajstić information content (AvgIpc) is 3.24. The summed E-state index contributed by atoms with van der Waals surface area (Å²) in [7, 11) is 0. The zero-order valence-corrected chi connectivity index (χ0v) is 27.3. The molecule has 4 aliphatic rings. The highest BCUT2D eigenvalue weighted by Gasteiger charge is 2.44. The van der Waals surface area contributed by atoms with Gasteiger partial charge in [-0.3, -0.25) is 9.69 Å². The van der Waals surface area contributed by atoms with Gasteiger partial charge in [0.25, 0.3) is 0 Å². The lowest BCUT2D eigenvalue weighted by atomic mass is 9.82. The van der Waals surface area contributed by atoms with E-state index in [0.717, 1.165) is 37.2 Å². The second-order valence-corrected chi connectivity index (χ2v) is 13.5. The van der Waals surface area contributed by atoms with E-state index in [1.807, 2.05) is 29.2 Å². The number of fused-ring (bicyclic) bond motifs is 1. The van der Waals surface area contributed by atoms with Crippen LogP contribution < -0.4 is 5.32 Å². The van der Waals surface area contributed by atoms with Gasteiger partial charge in [-0.1, -0.05) is 41.4 Å². The first kappa shape index (κ1) is 32.7. The maximum atomic E-state index is 14.5. The van der Waals surface area contributed by atoms with E-state index >= 15 is 0 Å². The largest absolute Gasteiger partial charge is 0.505 e. The summed E-state index contributed by atoms with van der Waals surface area (Å²) in [6.07, 6.45) is 2.21. The van der Waals surface area contributed by atoms with Crippen LogP contribution in [0.3, 0.4) is 0 Å². The Bertz CT molecular complexity index is 1420. The molecule has 0 spiro atoms. The molecule has 0 radical (unpaired) electrons. The Morgan fingerprint density at radius 3 is 2.33 bits per heavy atom. The van der Waals surface area contributed by atoms with Gasteiger partial charge in [0.05, 0.1) is 29.2 Å². The van der Waals surface area contributed by atoms with Crippen LogP contribution in [0.15, 0.2) is 36.4 Å². The van der Waals surface area contributed by atoms with Crippen molar-refractivity contribution in [3.05, 3.63) is 57.6 Å². The summed E-state index contributed by atoms with van der Waals surface area (Å²) in [6.45, 7) is 5.04. The number of halogens is 2. The monoisotopic (exact) mass is 673 g/mol. The molecule has 3 N–H and O–H groups in total. The summed E-state index contributed by atoms with van der Waals surface area (Å²) in [5, 5.41) is 23.7. The molecular weight excluding hydrogens is 633 g/mol. The maximum absolute atomic E-state index is 14.5. The molecule has 2 aromatic rings. The first-order chi connectivity index (χ1) is 22.2. The molecule has 2 unspecified atom stereocenters. The molecule has 0 aliphatic carbocycles. The van der Waals surface area contributed by atoms with Crippen molar-refractivity contribution in [1.29, 1.82) is 0 Å². The minimum atomic E-state index is -1.10. The lowest BCUT2D eigenvalue weighted by Gasteiger charge is -2.46. The van der Waals surface area contributed by atoms with Crippen LogP contribution in [0.25, 0.3) is 0 Å². The van der Waals surface area contributed by atoms with Crippen molar-refractivity contribution >= 4 is 46.9 Å². The molecule has 0 bridgehead atoms. The Balaban J connectivity index is 1.26. The molecule has 4 heterocycles. The number of aromatic hydroxyl groups is 1. The van der Waals surface area contributed by atoms with E-state index in [4.69, 9.17) is 27.9 Å². The van der Waals surface area contributed by atoms with Gasteiger partial charge in [0.2, 0.25) is 5.91 Å². The fraction of sp³-hybridized carbons (Fsp3) is 0.545. The van der Waals surface area contributed by atoms with Gasteiger partial charge in [-0.05, 0) is 67.9 Å². The number of nitrogens with zero attached hydrogens (tertiary/aromatic N) is 4. The predicted octanol–water partition coefficient (Wildman–Crippen LogP) is 4.78. The number of carbonyl (C=O) groups is 3. The van der Waals surface area contributed by atoms with Gasteiger partial charge >= 0.3 is 12.1 Å². The van der Waals surface area contributed by atoms with Crippen LogP contribution in [-0.4, -0.2) is 118 Å². The van der Waals surface area contributed by atoms with E-state index in [9.17, 15) is 24.6 Å². The molecule has 4 aliphatic heterocycles. The third kappa shape index (κ3) is 7.02. The molecule has 11 nitrogen and oxygen atoms in total. The minimum absolute atomic E-state index is 0.0671. The Morgan fingerprint density at radius 1 is 0.957 bits per heavy atom. The van der Waals surface area contributed by atoms with Crippen molar-refractivity contribution in [3.63, 3.8) is 0 Å². The number of piperidine rings is 2. The summed E-state index contributed by atoms with van der Waals surface area (Å²) in [4.78, 5) is 48.1. The number of carboxylic acid groups (broad SMARTS) is 1. The predicted molar refractivity (Wildman–Crippen MR) is 175 cm³/mol. The van der Waals surface area contributed by atoms with Crippen molar-refractivity contribution in [2.45, 2.75) is 56.7 Å². The van der Waals surface area contributed by atoms with Gasteiger partial charge in [-0.25, -0.2) is 9.59 Å². The molecule has 13 heteroatoms. The van der Waals surface area contributed by atoms with Crippen LogP contribution in [-0.2, 0) is 22.4 Å². The quantitative estimate of drug-likeness (QED) is 0.403. The SMILES string of the molecule is O=C(C(Cc1cc(Cl)c(O)c(Cl)c1)[C@H]1CC(N2CCc3ccccc3NC2=O)CCN1C(=O)O)N1CCC(N2CCOCC2)CC1. The third-order valence-corrected chi connectivity index (χ3v) is 10.7. The Kier molecular flexibility index (Phi) is 10.1. The Hall–Kier alpha value is -3.25. The summed E-state index contributed by atoms with van der Waals surface area (Å²) >= 11 is 12.6. The highest BCUT2D eigenvalue weighted by Crippen LogP contribution is 2.37. The number of rotatable bonds is 6. The second-order valence-electron chi connectivity index (χ2n) is 12.7. The number of benzene rings is 2. The number of ether oxygens (including phenoxy) is 1. The smallest absolute Gasteiger partial charge is 0.407 e. The van der Waals surface area contributed by atoms with Crippen LogP contribution in [0.1, 0.15) is 36.8 Å². The van der Waals surface area contributed by atoms with Crippen LogP contribution in [0.2, 0.25) is 10.0 Å². The van der Waals surface area contributed by atoms with Crippen LogP contribution >= 0.6 is 23.2 Å². The van der Waals surface area contributed by atoms with Crippen LogP contribution in [0, 0.1) is 5.92 Å². The molecule has 3 atom stereocenters. The second kappa shape index (κ2) is 14.3. The van der Waals surface area contributed by atoms with Crippen molar-refractivity contribution in [3.8, 4) is 5.75 Å². The van der Waals surface area contributed by atoms with E-state index in [-0.39, 0.29) is 46.7 Å². The topological polar surface area (TPSA) is 126 Å². The van der Waals surface area contributed by atoms with E-state index in [2.05, 4.69) is 10.2 Å². The first-order valence-corrected chi connectivity index (χ1v) is 16.9. The van der Waals surface area contributed by atoms with Crippen molar-refractivity contribution in [2.75, 3.05) is 57.8 Å². The molecule has 4 amide bonds. The molecule has 6 rings (SSSR count). The van der Waals surface area contributed by atoms with Gasteiger partial charge in [-0.15, -0.1) is 0 Å². The molecule has 0 saturated carbocycles. The van der Waals surface area contributed by atoms with Gasteiger partial charge in [0.1, 0.15) is 0 Å². The molecule has 248 valence electrons. The zero-order valence-electron chi connectivity index (χ0n) is 25.7. The number of morpholine rings is 1. The van der Waals surface area contributed by atoms with Crippen LogP contribution in [0.4, 0.5) is 15.3 Å². The number of anilines is 1. The summed E-state index contributed by atoms with van der Waals surface area (Å²) in [6, 6.07) is 10.1. The van der Waals surface area contributed by atoms with E-state index in [1.54, 1.807) is 17.0 Å². The number of carbonyl (C=O) groups excluding carboxylic acids is 2. The fourth-order valence-corrected chi connectivity index (χ4v) is 8.16. The first-order valence-electron chi connectivity index (χ1n) is 16.1. The molecule has 46 heavy (non-hydrogen) atoms. The minimum Gasteiger partial charge on any atom is -0.505 e. The number of amides is 4. The molecular formula is C33H41Cl2N5O6. The highest BCUT2D eigenvalue weighted by atomic mass is 35.5. The number of hydrogen-bond donors (Lipinski definition) is 3. The fourth-order valence-electron chi connectivity index (χ4n) is 7.62.